The Balaban J connectivity index is 2.49. The van der Waals surface area contributed by atoms with Crippen LogP contribution in [0.3, 0.4) is 0 Å². The minimum atomic E-state index is -0.686. The van der Waals surface area contributed by atoms with E-state index in [9.17, 15) is 20.0 Å². The van der Waals surface area contributed by atoms with Gasteiger partial charge in [0.2, 0.25) is 5.75 Å². The van der Waals surface area contributed by atoms with E-state index < -0.39 is 16.4 Å². The summed E-state index contributed by atoms with van der Waals surface area (Å²) in [7, 11) is 0. The summed E-state index contributed by atoms with van der Waals surface area (Å²) in [5, 5.41) is 20.8. The number of likely N-dealkylation sites (N-methyl/N-ethyl adjacent to an activating group) is 1. The maximum atomic E-state index is 12.1. The highest BCUT2D eigenvalue weighted by molar-refractivity contribution is 9.10. The molecule has 1 fully saturated rings. The van der Waals surface area contributed by atoms with Crippen molar-refractivity contribution in [2.75, 3.05) is 6.54 Å². The average Bonchev–Trinajstić information content (AvgIpc) is 2.67. The van der Waals surface area contributed by atoms with Gasteiger partial charge in [-0.3, -0.25) is 19.8 Å². The fraction of sp³-hybridized carbons (Fsp3) is 0.167. The Morgan fingerprint density at radius 3 is 2.76 bits per heavy atom. The summed E-state index contributed by atoms with van der Waals surface area (Å²) in [6, 6.07) is 2.70. The summed E-state index contributed by atoms with van der Waals surface area (Å²) in [5.41, 5.74) is -0.241. The number of hydrogen-bond acceptors (Lipinski definition) is 6. The summed E-state index contributed by atoms with van der Waals surface area (Å²) in [6.07, 6.45) is 1.40. The highest BCUT2D eigenvalue weighted by Crippen LogP contribution is 2.38. The molecule has 1 amide bonds. The number of nitrogens with zero attached hydrogens (tertiary/aromatic N) is 2. The first kappa shape index (κ1) is 15.9. The monoisotopic (exact) mass is 388 g/mol. The highest BCUT2D eigenvalue weighted by atomic mass is 79.9. The van der Waals surface area contributed by atoms with E-state index in [2.05, 4.69) is 15.9 Å². The van der Waals surface area contributed by atoms with Crippen molar-refractivity contribution in [1.29, 1.82) is 0 Å². The second-order valence-corrected chi connectivity index (χ2v) is 6.64. The lowest BCUT2D eigenvalue weighted by atomic mass is 10.1. The second-order valence-electron chi connectivity index (χ2n) is 4.05. The van der Waals surface area contributed by atoms with Crippen molar-refractivity contribution >= 4 is 61.9 Å². The topological polar surface area (TPSA) is 83.7 Å². The van der Waals surface area contributed by atoms with Gasteiger partial charge >= 0.3 is 5.69 Å². The predicted molar refractivity (Wildman–Crippen MR) is 88.0 cm³/mol. The van der Waals surface area contributed by atoms with Crippen LogP contribution < -0.4 is 0 Å². The van der Waals surface area contributed by atoms with E-state index in [-0.39, 0.29) is 11.5 Å². The van der Waals surface area contributed by atoms with Gasteiger partial charge in [0.05, 0.1) is 9.83 Å². The van der Waals surface area contributed by atoms with Gasteiger partial charge in [0.1, 0.15) is 4.32 Å². The summed E-state index contributed by atoms with van der Waals surface area (Å²) in [4.78, 5) is 24.0. The molecule has 0 aromatic heterocycles. The Kier molecular flexibility index (Phi) is 4.64. The van der Waals surface area contributed by atoms with E-state index in [0.29, 0.717) is 20.2 Å². The standard InChI is InChI=1S/C12H9BrN2O4S2/c1-2-14-11(17)9(21-12(14)20)4-6-3-7(13)5-8(10(6)16)15(18)19/h3-5,16H,2H2,1H3. The van der Waals surface area contributed by atoms with Gasteiger partial charge < -0.3 is 5.11 Å². The number of carbonyl (C=O) groups excluding carboxylic acids is 1. The minimum absolute atomic E-state index is 0.188. The number of nitro benzene ring substituents is 1. The van der Waals surface area contributed by atoms with E-state index in [4.69, 9.17) is 12.2 Å². The molecule has 0 bridgehead atoms. The fourth-order valence-electron chi connectivity index (χ4n) is 1.77. The Hall–Kier alpha value is -1.45. The Labute approximate surface area is 138 Å². The van der Waals surface area contributed by atoms with Gasteiger partial charge in [-0.1, -0.05) is 39.9 Å². The van der Waals surface area contributed by atoms with Gasteiger partial charge in [-0.2, -0.15) is 0 Å². The molecule has 0 radical (unpaired) electrons. The van der Waals surface area contributed by atoms with Crippen LogP contribution in [0.25, 0.3) is 6.08 Å². The van der Waals surface area contributed by atoms with Crippen molar-refractivity contribution in [3.8, 4) is 5.75 Å². The number of nitro groups is 1. The summed E-state index contributed by atoms with van der Waals surface area (Å²) >= 11 is 9.33. The molecule has 1 aliphatic rings. The lowest BCUT2D eigenvalue weighted by Crippen LogP contribution is -2.27. The van der Waals surface area contributed by atoms with Gasteiger partial charge in [0.25, 0.3) is 5.91 Å². The number of halogens is 1. The number of amides is 1. The van der Waals surface area contributed by atoms with Crippen molar-refractivity contribution in [3.05, 3.63) is 37.2 Å². The van der Waals surface area contributed by atoms with Gasteiger partial charge in [-0.15, -0.1) is 0 Å². The molecule has 1 N–H and O–H groups in total. The van der Waals surface area contributed by atoms with Crippen LogP contribution in [-0.2, 0) is 4.79 Å². The van der Waals surface area contributed by atoms with Crippen molar-refractivity contribution < 1.29 is 14.8 Å². The molecule has 1 aliphatic heterocycles. The number of phenols is 1. The minimum Gasteiger partial charge on any atom is -0.502 e. The van der Waals surface area contributed by atoms with Gasteiger partial charge in [0.15, 0.2) is 0 Å². The normalized spacial score (nSPS) is 16.9. The lowest BCUT2D eigenvalue weighted by Gasteiger charge is -2.09. The first-order valence-electron chi connectivity index (χ1n) is 5.77. The van der Waals surface area contributed by atoms with E-state index >= 15 is 0 Å². The zero-order valence-electron chi connectivity index (χ0n) is 10.7. The number of benzene rings is 1. The number of aromatic hydroxyl groups is 1. The largest absolute Gasteiger partial charge is 0.502 e. The van der Waals surface area contributed by atoms with Crippen LogP contribution in [0.15, 0.2) is 21.5 Å². The van der Waals surface area contributed by atoms with E-state index in [1.165, 1.54) is 23.1 Å². The maximum absolute atomic E-state index is 12.1. The molecule has 0 atom stereocenters. The average molecular weight is 389 g/mol. The zero-order chi connectivity index (χ0) is 15.7. The molecule has 110 valence electrons. The first-order chi connectivity index (χ1) is 9.85. The quantitative estimate of drug-likeness (QED) is 0.370. The van der Waals surface area contributed by atoms with Crippen molar-refractivity contribution in [1.82, 2.24) is 4.90 Å². The van der Waals surface area contributed by atoms with Crippen molar-refractivity contribution in [2.24, 2.45) is 0 Å². The number of thiocarbonyl (C=S) groups is 1. The molecular formula is C12H9BrN2O4S2. The van der Waals surface area contributed by atoms with Crippen LogP contribution in [0.5, 0.6) is 5.75 Å². The highest BCUT2D eigenvalue weighted by Gasteiger charge is 2.31. The Bertz CT molecular complexity index is 690. The van der Waals surface area contributed by atoms with E-state index in [0.717, 1.165) is 11.8 Å². The van der Waals surface area contributed by atoms with Crippen molar-refractivity contribution in [3.63, 3.8) is 0 Å². The second kappa shape index (κ2) is 6.12. The summed E-state index contributed by atoms with van der Waals surface area (Å²) < 4.78 is 0.863. The number of carbonyl (C=O) groups is 1. The molecule has 0 saturated carbocycles. The molecule has 0 aliphatic carbocycles. The van der Waals surface area contributed by atoms with Crippen LogP contribution in [0.2, 0.25) is 0 Å². The van der Waals surface area contributed by atoms with Crippen molar-refractivity contribution in [2.45, 2.75) is 6.92 Å². The molecular weight excluding hydrogens is 380 g/mol. The smallest absolute Gasteiger partial charge is 0.312 e. The Morgan fingerprint density at radius 2 is 2.24 bits per heavy atom. The molecule has 0 spiro atoms. The number of phenolic OH excluding ortho intramolecular Hbond substituents is 1. The third kappa shape index (κ3) is 3.09. The summed E-state index contributed by atoms with van der Waals surface area (Å²) in [6.45, 7) is 2.25. The molecule has 2 rings (SSSR count). The van der Waals surface area contributed by atoms with Crippen LogP contribution in [-0.4, -0.2) is 31.7 Å². The molecule has 21 heavy (non-hydrogen) atoms. The lowest BCUT2D eigenvalue weighted by molar-refractivity contribution is -0.385. The number of rotatable bonds is 3. The fourth-order valence-corrected chi connectivity index (χ4v) is 3.61. The number of thioether (sulfide) groups is 1. The molecule has 9 heteroatoms. The van der Waals surface area contributed by atoms with Crippen LogP contribution >= 0.6 is 39.9 Å². The molecule has 1 saturated heterocycles. The molecule has 1 aromatic carbocycles. The van der Waals surface area contributed by atoms with E-state index in [1.807, 2.05) is 0 Å². The number of hydrogen-bond donors (Lipinski definition) is 1. The van der Waals surface area contributed by atoms with Crippen LogP contribution in [0.1, 0.15) is 12.5 Å². The van der Waals surface area contributed by atoms with Crippen LogP contribution in [0.4, 0.5) is 5.69 Å². The van der Waals surface area contributed by atoms with Crippen LogP contribution in [0, 0.1) is 10.1 Å². The van der Waals surface area contributed by atoms with Gasteiger partial charge in [0, 0.05) is 22.6 Å². The SMILES string of the molecule is CCN1C(=O)C(=Cc2cc(Br)cc([N+](=O)[O-])c2O)SC1=S. The molecule has 0 unspecified atom stereocenters. The van der Waals surface area contributed by atoms with Gasteiger partial charge in [-0.25, -0.2) is 0 Å². The third-order valence-electron chi connectivity index (χ3n) is 2.76. The summed E-state index contributed by atoms with van der Waals surface area (Å²) in [5.74, 6) is -0.750. The maximum Gasteiger partial charge on any atom is 0.312 e. The molecule has 1 heterocycles. The first-order valence-corrected chi connectivity index (χ1v) is 7.79. The molecule has 6 nitrogen and oxygen atoms in total. The van der Waals surface area contributed by atoms with Gasteiger partial charge in [-0.05, 0) is 19.1 Å². The molecule has 1 aromatic rings. The zero-order valence-corrected chi connectivity index (χ0v) is 13.9. The predicted octanol–water partition coefficient (Wildman–Crippen LogP) is 3.28. The Morgan fingerprint density at radius 1 is 1.57 bits per heavy atom. The third-order valence-corrected chi connectivity index (χ3v) is 4.59. The van der Waals surface area contributed by atoms with E-state index in [1.54, 1.807) is 6.92 Å².